The average Bonchev–Trinajstić information content (AvgIpc) is 3.29. The van der Waals surface area contributed by atoms with Gasteiger partial charge in [-0.3, -0.25) is 0 Å². The molecule has 1 aliphatic heterocycles. The molecule has 0 radical (unpaired) electrons. The van der Waals surface area contributed by atoms with E-state index in [1.807, 2.05) is 35.2 Å². The van der Waals surface area contributed by atoms with E-state index in [2.05, 4.69) is 34.5 Å². The number of aromatic nitrogens is 1. The fraction of sp³-hybridized carbons (Fsp3) is 0.250. The number of rotatable bonds is 4. The van der Waals surface area contributed by atoms with Crippen molar-refractivity contribution < 1.29 is 9.53 Å². The zero-order valence-corrected chi connectivity index (χ0v) is 19.2. The number of anilines is 1. The number of fused-ring (bicyclic) bond motifs is 2. The number of thiazole rings is 1. The molecule has 0 saturated carbocycles. The highest BCUT2D eigenvalue weighted by Gasteiger charge is 2.24. The van der Waals surface area contributed by atoms with Crippen LogP contribution >= 0.6 is 22.9 Å². The molecule has 0 atom stereocenters. The number of piperazine rings is 1. The first kappa shape index (κ1) is 20.8. The van der Waals surface area contributed by atoms with E-state index in [1.165, 1.54) is 10.8 Å². The van der Waals surface area contributed by atoms with Gasteiger partial charge < -0.3 is 19.9 Å². The third-order valence-corrected chi connectivity index (χ3v) is 7.39. The Morgan fingerprint density at radius 3 is 2.69 bits per heavy atom. The number of methoxy groups -OCH3 is 1. The molecule has 8 heteroatoms. The maximum atomic E-state index is 12.8. The summed E-state index contributed by atoms with van der Waals surface area (Å²) in [6.45, 7) is 3.24. The molecule has 5 rings (SSSR count). The lowest BCUT2D eigenvalue weighted by atomic mass is 10.0. The largest absolute Gasteiger partial charge is 0.494 e. The van der Waals surface area contributed by atoms with Crippen LogP contribution in [0.4, 0.5) is 9.93 Å². The van der Waals surface area contributed by atoms with Gasteiger partial charge in [0.05, 0.1) is 16.8 Å². The van der Waals surface area contributed by atoms with E-state index in [-0.39, 0.29) is 6.03 Å². The summed E-state index contributed by atoms with van der Waals surface area (Å²) in [6, 6.07) is 18.1. The molecule has 0 bridgehead atoms. The van der Waals surface area contributed by atoms with Crippen molar-refractivity contribution in [3.63, 3.8) is 0 Å². The van der Waals surface area contributed by atoms with Crippen LogP contribution in [0.25, 0.3) is 21.0 Å². The van der Waals surface area contributed by atoms with Crippen LogP contribution < -0.4 is 15.0 Å². The molecular formula is C24H23ClN4O2S. The molecule has 1 saturated heterocycles. The Hall–Kier alpha value is -3.03. The highest BCUT2D eigenvalue weighted by Crippen LogP contribution is 2.38. The molecule has 1 aromatic heterocycles. The maximum Gasteiger partial charge on any atom is 0.317 e. The molecule has 2 amide bonds. The standard InChI is InChI=1S/C24H23ClN4O2S/c1-31-20-10-9-19(25)22-21(20)27-24(32-22)29-13-11-28(12-14-29)23(30)26-15-17-7-4-6-16-5-2-3-8-18(16)17/h2-10H,11-15H2,1H3,(H,26,30). The van der Waals surface area contributed by atoms with Gasteiger partial charge in [0.25, 0.3) is 0 Å². The Morgan fingerprint density at radius 1 is 1.09 bits per heavy atom. The van der Waals surface area contributed by atoms with Crippen molar-refractivity contribution >= 4 is 55.1 Å². The van der Waals surface area contributed by atoms with E-state index in [9.17, 15) is 4.79 Å². The number of carbonyl (C=O) groups is 1. The van der Waals surface area contributed by atoms with Crippen molar-refractivity contribution in [1.82, 2.24) is 15.2 Å². The summed E-state index contributed by atoms with van der Waals surface area (Å²) in [5.41, 5.74) is 1.91. The van der Waals surface area contributed by atoms with Gasteiger partial charge in [0.1, 0.15) is 11.3 Å². The topological polar surface area (TPSA) is 57.7 Å². The zero-order valence-electron chi connectivity index (χ0n) is 17.7. The molecule has 32 heavy (non-hydrogen) atoms. The van der Waals surface area contributed by atoms with Crippen LogP contribution in [0.3, 0.4) is 0 Å². The fourth-order valence-corrected chi connectivity index (χ4v) is 5.38. The van der Waals surface area contributed by atoms with Gasteiger partial charge in [-0.25, -0.2) is 9.78 Å². The smallest absolute Gasteiger partial charge is 0.317 e. The summed E-state index contributed by atoms with van der Waals surface area (Å²) in [7, 11) is 1.64. The Bertz CT molecular complexity index is 1280. The minimum absolute atomic E-state index is 0.0356. The second kappa shape index (κ2) is 8.84. The monoisotopic (exact) mass is 466 g/mol. The van der Waals surface area contributed by atoms with Gasteiger partial charge in [0, 0.05) is 32.7 Å². The molecule has 0 unspecified atom stereocenters. The van der Waals surface area contributed by atoms with E-state index in [1.54, 1.807) is 18.4 Å². The van der Waals surface area contributed by atoms with Gasteiger partial charge in [-0.05, 0) is 28.5 Å². The number of nitrogens with one attached hydrogen (secondary N) is 1. The van der Waals surface area contributed by atoms with E-state index < -0.39 is 0 Å². The van der Waals surface area contributed by atoms with E-state index in [0.29, 0.717) is 24.7 Å². The SMILES string of the molecule is COc1ccc(Cl)c2sc(N3CCN(C(=O)NCc4cccc5ccccc45)CC3)nc12. The van der Waals surface area contributed by atoms with Crippen LogP contribution in [-0.4, -0.2) is 49.2 Å². The van der Waals surface area contributed by atoms with Crippen LogP contribution in [0.15, 0.2) is 54.6 Å². The van der Waals surface area contributed by atoms with Crippen LogP contribution in [0, 0.1) is 0 Å². The Labute approximate surface area is 195 Å². The molecular weight excluding hydrogens is 444 g/mol. The maximum absolute atomic E-state index is 12.8. The van der Waals surface area contributed by atoms with Crippen molar-refractivity contribution in [2.45, 2.75) is 6.54 Å². The Balaban J connectivity index is 1.22. The summed E-state index contributed by atoms with van der Waals surface area (Å²) in [4.78, 5) is 21.6. The molecule has 0 spiro atoms. The van der Waals surface area contributed by atoms with Crippen molar-refractivity contribution in [2.75, 3.05) is 38.2 Å². The predicted molar refractivity (Wildman–Crippen MR) is 131 cm³/mol. The lowest BCUT2D eigenvalue weighted by Crippen LogP contribution is -2.51. The van der Waals surface area contributed by atoms with Gasteiger partial charge in [-0.1, -0.05) is 65.4 Å². The summed E-state index contributed by atoms with van der Waals surface area (Å²) in [5, 5.41) is 7.01. The number of amides is 2. The number of carbonyl (C=O) groups excluding carboxylic acids is 1. The minimum Gasteiger partial charge on any atom is -0.494 e. The zero-order chi connectivity index (χ0) is 22.1. The first-order valence-corrected chi connectivity index (χ1v) is 11.7. The van der Waals surface area contributed by atoms with Gasteiger partial charge in [0.2, 0.25) is 0 Å². The summed E-state index contributed by atoms with van der Waals surface area (Å²) >= 11 is 7.92. The predicted octanol–water partition coefficient (Wildman–Crippen LogP) is 5.14. The van der Waals surface area contributed by atoms with E-state index in [0.717, 1.165) is 39.8 Å². The number of benzene rings is 3. The van der Waals surface area contributed by atoms with Crippen molar-refractivity contribution in [3.8, 4) is 5.75 Å². The van der Waals surface area contributed by atoms with Crippen molar-refractivity contribution in [1.29, 1.82) is 0 Å². The molecule has 1 N–H and O–H groups in total. The summed E-state index contributed by atoms with van der Waals surface area (Å²) in [6.07, 6.45) is 0. The number of halogens is 1. The number of nitrogens with zero attached hydrogens (tertiary/aromatic N) is 3. The molecule has 4 aromatic rings. The second-order valence-corrected chi connectivity index (χ2v) is 9.08. The summed E-state index contributed by atoms with van der Waals surface area (Å²) in [5.74, 6) is 0.721. The van der Waals surface area contributed by atoms with Crippen LogP contribution in [0.1, 0.15) is 5.56 Å². The van der Waals surface area contributed by atoms with Crippen LogP contribution in [0.2, 0.25) is 5.02 Å². The van der Waals surface area contributed by atoms with E-state index >= 15 is 0 Å². The van der Waals surface area contributed by atoms with Gasteiger partial charge in [0.15, 0.2) is 5.13 Å². The third kappa shape index (κ3) is 3.94. The van der Waals surface area contributed by atoms with Crippen molar-refractivity contribution in [3.05, 3.63) is 65.2 Å². The van der Waals surface area contributed by atoms with E-state index in [4.69, 9.17) is 21.3 Å². The van der Waals surface area contributed by atoms with Gasteiger partial charge >= 0.3 is 6.03 Å². The first-order chi connectivity index (χ1) is 15.6. The van der Waals surface area contributed by atoms with Crippen molar-refractivity contribution in [2.24, 2.45) is 0 Å². The molecule has 164 valence electrons. The summed E-state index contributed by atoms with van der Waals surface area (Å²) < 4.78 is 6.35. The van der Waals surface area contributed by atoms with Crippen LogP contribution in [0.5, 0.6) is 5.75 Å². The van der Waals surface area contributed by atoms with Crippen LogP contribution in [-0.2, 0) is 6.54 Å². The average molecular weight is 467 g/mol. The highest BCUT2D eigenvalue weighted by atomic mass is 35.5. The Kier molecular flexibility index (Phi) is 5.76. The number of urea groups is 1. The molecule has 6 nitrogen and oxygen atoms in total. The lowest BCUT2D eigenvalue weighted by Gasteiger charge is -2.34. The van der Waals surface area contributed by atoms with Gasteiger partial charge in [-0.2, -0.15) is 0 Å². The normalized spacial score (nSPS) is 14.2. The minimum atomic E-state index is -0.0356. The number of hydrogen-bond acceptors (Lipinski definition) is 5. The highest BCUT2D eigenvalue weighted by molar-refractivity contribution is 7.22. The fourth-order valence-electron chi connectivity index (χ4n) is 4.07. The molecule has 3 aromatic carbocycles. The Morgan fingerprint density at radius 2 is 1.88 bits per heavy atom. The second-order valence-electron chi connectivity index (χ2n) is 7.69. The first-order valence-electron chi connectivity index (χ1n) is 10.5. The quantitative estimate of drug-likeness (QED) is 0.452. The molecule has 0 aliphatic carbocycles. The molecule has 2 heterocycles. The number of hydrogen-bond donors (Lipinski definition) is 1. The third-order valence-electron chi connectivity index (χ3n) is 5.81. The van der Waals surface area contributed by atoms with Gasteiger partial charge in [-0.15, -0.1) is 0 Å². The molecule has 1 aliphatic rings. The lowest BCUT2D eigenvalue weighted by molar-refractivity contribution is 0.194. The molecule has 1 fully saturated rings. The number of ether oxygens (including phenoxy) is 1.